The van der Waals surface area contributed by atoms with Crippen LogP contribution in [-0.4, -0.2) is 5.78 Å². The number of benzene rings is 3. The summed E-state index contributed by atoms with van der Waals surface area (Å²) in [5, 5.41) is 1.92. The second kappa shape index (κ2) is 4.95. The van der Waals surface area contributed by atoms with Crippen molar-refractivity contribution in [1.82, 2.24) is 0 Å². The smallest absolute Gasteiger partial charge is 0.171 e. The highest BCUT2D eigenvalue weighted by atomic mass is 19.1. The number of Topliss-reactive ketones (excluding diaryl/α,β-unsaturated/α-hetero) is 1. The minimum atomic E-state index is -0.433. The predicted octanol–water partition coefficient (Wildman–Crippen LogP) is 4.69. The molecule has 0 fully saturated rings. The van der Waals surface area contributed by atoms with E-state index in [1.165, 1.54) is 12.1 Å². The van der Waals surface area contributed by atoms with Crippen LogP contribution < -0.4 is 4.74 Å². The molecule has 0 bridgehead atoms. The standard InChI is InChI=1S/C19H13FO2/c20-14-6-3-5-13(10-14)18-11-16(21)19-15-7-2-1-4-12(15)8-9-17(19)22-18/h1-10,18H,11H2. The number of carbonyl (C=O) groups is 1. The number of ether oxygens (including phenoxy) is 1. The molecule has 1 heterocycles. The number of hydrogen-bond donors (Lipinski definition) is 0. The molecule has 4 rings (SSSR count). The lowest BCUT2D eigenvalue weighted by Crippen LogP contribution is -2.20. The van der Waals surface area contributed by atoms with Gasteiger partial charge in [0.05, 0.1) is 12.0 Å². The fourth-order valence-electron chi connectivity index (χ4n) is 3.00. The summed E-state index contributed by atoms with van der Waals surface area (Å²) in [6.07, 6.45) is -0.207. The Labute approximate surface area is 127 Å². The Hall–Kier alpha value is -2.68. The first-order valence-corrected chi connectivity index (χ1v) is 7.19. The summed E-state index contributed by atoms with van der Waals surface area (Å²) in [6, 6.07) is 17.7. The first kappa shape index (κ1) is 13.0. The van der Waals surface area contributed by atoms with Crippen LogP contribution in [0.15, 0.2) is 60.7 Å². The molecule has 1 aliphatic rings. The molecule has 3 aromatic rings. The number of hydrogen-bond acceptors (Lipinski definition) is 2. The van der Waals surface area contributed by atoms with Gasteiger partial charge in [-0.2, -0.15) is 0 Å². The first-order valence-electron chi connectivity index (χ1n) is 7.19. The van der Waals surface area contributed by atoms with Gasteiger partial charge in [0, 0.05) is 0 Å². The van der Waals surface area contributed by atoms with Gasteiger partial charge in [-0.3, -0.25) is 4.79 Å². The van der Waals surface area contributed by atoms with E-state index in [4.69, 9.17) is 4.74 Å². The molecule has 0 amide bonds. The van der Waals surface area contributed by atoms with Crippen molar-refractivity contribution in [3.05, 3.63) is 77.6 Å². The maximum absolute atomic E-state index is 13.4. The van der Waals surface area contributed by atoms with Gasteiger partial charge in [0.1, 0.15) is 17.7 Å². The largest absolute Gasteiger partial charge is 0.484 e. The Morgan fingerprint density at radius 1 is 1.00 bits per heavy atom. The van der Waals surface area contributed by atoms with E-state index in [-0.39, 0.29) is 18.0 Å². The number of rotatable bonds is 1. The van der Waals surface area contributed by atoms with E-state index < -0.39 is 6.10 Å². The number of ketones is 1. The van der Waals surface area contributed by atoms with Crippen molar-refractivity contribution in [2.75, 3.05) is 0 Å². The van der Waals surface area contributed by atoms with Gasteiger partial charge >= 0.3 is 0 Å². The Morgan fingerprint density at radius 2 is 1.86 bits per heavy atom. The Bertz CT molecular complexity index is 885. The Morgan fingerprint density at radius 3 is 2.73 bits per heavy atom. The third-order valence-corrected chi connectivity index (χ3v) is 4.03. The van der Waals surface area contributed by atoms with Gasteiger partial charge in [0.2, 0.25) is 0 Å². The zero-order valence-electron chi connectivity index (χ0n) is 11.8. The third-order valence-electron chi connectivity index (χ3n) is 4.03. The van der Waals surface area contributed by atoms with Crippen LogP contribution in [0.2, 0.25) is 0 Å². The molecule has 1 aliphatic heterocycles. The van der Waals surface area contributed by atoms with Crippen LogP contribution in [0.1, 0.15) is 28.4 Å². The van der Waals surface area contributed by atoms with Crippen molar-refractivity contribution in [1.29, 1.82) is 0 Å². The zero-order valence-corrected chi connectivity index (χ0v) is 11.8. The topological polar surface area (TPSA) is 26.3 Å². The molecule has 0 saturated carbocycles. The van der Waals surface area contributed by atoms with Crippen molar-refractivity contribution in [3.63, 3.8) is 0 Å². The molecule has 0 saturated heterocycles. The van der Waals surface area contributed by atoms with Gasteiger partial charge in [-0.05, 0) is 34.5 Å². The van der Waals surface area contributed by atoms with E-state index >= 15 is 0 Å². The van der Waals surface area contributed by atoms with E-state index in [0.29, 0.717) is 16.9 Å². The molecule has 0 spiro atoms. The highest BCUT2D eigenvalue weighted by Crippen LogP contribution is 2.38. The van der Waals surface area contributed by atoms with Crippen LogP contribution >= 0.6 is 0 Å². The molecule has 3 aromatic carbocycles. The van der Waals surface area contributed by atoms with Crippen LogP contribution in [0.3, 0.4) is 0 Å². The van der Waals surface area contributed by atoms with Crippen LogP contribution in [0.4, 0.5) is 4.39 Å². The Balaban J connectivity index is 1.81. The SMILES string of the molecule is O=C1CC(c2cccc(F)c2)Oc2ccc3ccccc3c21. The molecule has 0 aliphatic carbocycles. The summed E-state index contributed by atoms with van der Waals surface area (Å²) in [7, 11) is 0. The lowest BCUT2D eigenvalue weighted by molar-refractivity contribution is 0.0852. The minimum Gasteiger partial charge on any atom is -0.484 e. The normalized spacial score (nSPS) is 17.1. The van der Waals surface area contributed by atoms with Crippen molar-refractivity contribution in [3.8, 4) is 5.75 Å². The first-order chi connectivity index (χ1) is 10.7. The monoisotopic (exact) mass is 292 g/mol. The lowest BCUT2D eigenvalue weighted by Gasteiger charge is -2.26. The highest BCUT2D eigenvalue weighted by molar-refractivity contribution is 6.11. The molecule has 1 atom stereocenters. The summed E-state index contributed by atoms with van der Waals surface area (Å²) in [5.74, 6) is 0.286. The van der Waals surface area contributed by atoms with Gasteiger partial charge in [-0.1, -0.05) is 42.5 Å². The van der Waals surface area contributed by atoms with Crippen LogP contribution in [0, 0.1) is 5.82 Å². The average molecular weight is 292 g/mol. The second-order valence-corrected chi connectivity index (χ2v) is 5.45. The van der Waals surface area contributed by atoms with E-state index in [1.807, 2.05) is 36.4 Å². The molecule has 3 heteroatoms. The summed E-state index contributed by atoms with van der Waals surface area (Å²) < 4.78 is 19.3. The molecule has 0 N–H and O–H groups in total. The molecule has 1 unspecified atom stereocenters. The summed E-state index contributed by atoms with van der Waals surface area (Å²) in [4.78, 5) is 12.6. The van der Waals surface area contributed by atoms with Crippen molar-refractivity contribution >= 4 is 16.6 Å². The van der Waals surface area contributed by atoms with Crippen LogP contribution in [0.5, 0.6) is 5.75 Å². The number of halogens is 1. The van der Waals surface area contributed by atoms with E-state index in [0.717, 1.165) is 10.8 Å². The maximum Gasteiger partial charge on any atom is 0.171 e. The molecule has 2 nitrogen and oxygen atoms in total. The molecular weight excluding hydrogens is 279 g/mol. The average Bonchev–Trinajstić information content (AvgIpc) is 2.54. The quantitative estimate of drug-likeness (QED) is 0.650. The Kier molecular flexibility index (Phi) is 2.93. The van der Waals surface area contributed by atoms with Gasteiger partial charge in [-0.15, -0.1) is 0 Å². The van der Waals surface area contributed by atoms with Crippen molar-refractivity contribution in [2.45, 2.75) is 12.5 Å². The number of carbonyl (C=O) groups excluding carboxylic acids is 1. The second-order valence-electron chi connectivity index (χ2n) is 5.45. The van der Waals surface area contributed by atoms with Crippen molar-refractivity contribution in [2.24, 2.45) is 0 Å². The summed E-state index contributed by atoms with van der Waals surface area (Å²) in [5.41, 5.74) is 1.32. The molecular formula is C19H13FO2. The summed E-state index contributed by atoms with van der Waals surface area (Å²) >= 11 is 0. The third kappa shape index (κ3) is 2.06. The summed E-state index contributed by atoms with van der Waals surface area (Å²) in [6.45, 7) is 0. The number of fused-ring (bicyclic) bond motifs is 3. The van der Waals surface area contributed by atoms with E-state index in [2.05, 4.69) is 0 Å². The molecule has 22 heavy (non-hydrogen) atoms. The van der Waals surface area contributed by atoms with Crippen molar-refractivity contribution < 1.29 is 13.9 Å². The van der Waals surface area contributed by atoms with Crippen LogP contribution in [-0.2, 0) is 0 Å². The van der Waals surface area contributed by atoms with Gasteiger partial charge in [-0.25, -0.2) is 4.39 Å². The van der Waals surface area contributed by atoms with Gasteiger partial charge in [0.25, 0.3) is 0 Å². The molecule has 0 aromatic heterocycles. The van der Waals surface area contributed by atoms with Gasteiger partial charge in [0.15, 0.2) is 5.78 Å². The fraction of sp³-hybridized carbons (Fsp3) is 0.105. The molecule has 108 valence electrons. The molecule has 0 radical (unpaired) electrons. The predicted molar refractivity (Wildman–Crippen MR) is 82.7 cm³/mol. The highest BCUT2D eigenvalue weighted by Gasteiger charge is 2.29. The zero-order chi connectivity index (χ0) is 15.1. The van der Waals surface area contributed by atoms with E-state index in [9.17, 15) is 9.18 Å². The lowest BCUT2D eigenvalue weighted by atomic mass is 9.92. The van der Waals surface area contributed by atoms with Crippen LogP contribution in [0.25, 0.3) is 10.8 Å². The fourth-order valence-corrected chi connectivity index (χ4v) is 3.00. The minimum absolute atomic E-state index is 0.0345. The van der Waals surface area contributed by atoms with Gasteiger partial charge < -0.3 is 4.74 Å². The maximum atomic E-state index is 13.4. The van der Waals surface area contributed by atoms with E-state index in [1.54, 1.807) is 12.1 Å².